The maximum atomic E-state index is 5.92. The van der Waals surface area contributed by atoms with Crippen LogP contribution in [-0.2, 0) is 0 Å². The van der Waals surface area contributed by atoms with Crippen LogP contribution in [0.3, 0.4) is 0 Å². The van der Waals surface area contributed by atoms with Crippen molar-refractivity contribution in [2.75, 3.05) is 39.8 Å². The summed E-state index contributed by atoms with van der Waals surface area (Å²) in [4.78, 5) is 5.12. The van der Waals surface area contributed by atoms with Crippen LogP contribution < -0.4 is 5.73 Å². The summed E-state index contributed by atoms with van der Waals surface area (Å²) < 4.78 is 0. The fourth-order valence-electron chi connectivity index (χ4n) is 3.40. The number of nitrogens with two attached hydrogens (primary N) is 1. The normalized spacial score (nSPS) is 38.6. The summed E-state index contributed by atoms with van der Waals surface area (Å²) in [6.07, 6.45) is 0. The van der Waals surface area contributed by atoms with E-state index in [1.165, 1.54) is 26.2 Å². The van der Waals surface area contributed by atoms with Crippen molar-refractivity contribution in [3.8, 4) is 0 Å². The standard InChI is InChI=1S/C12H25N3/c1-9(2)15-7-10-5-14(3)6-11(8-15)12(10)4-13/h9-12H,4-8,13H2,1-3H3. The molecule has 2 fully saturated rings. The number of fused-ring (bicyclic) bond motifs is 2. The van der Waals surface area contributed by atoms with Gasteiger partial charge in [-0.1, -0.05) is 0 Å². The summed E-state index contributed by atoms with van der Waals surface area (Å²) in [6, 6.07) is 0.692. The molecule has 2 aliphatic rings. The second kappa shape index (κ2) is 4.40. The molecule has 3 heteroatoms. The maximum Gasteiger partial charge on any atom is 0.00388 e. The topological polar surface area (TPSA) is 32.5 Å². The van der Waals surface area contributed by atoms with Crippen molar-refractivity contribution in [2.45, 2.75) is 19.9 Å². The van der Waals surface area contributed by atoms with E-state index >= 15 is 0 Å². The van der Waals surface area contributed by atoms with Crippen LogP contribution >= 0.6 is 0 Å². The summed E-state index contributed by atoms with van der Waals surface area (Å²) in [5.74, 6) is 2.38. The minimum atomic E-state index is 0.692. The summed E-state index contributed by atoms with van der Waals surface area (Å²) >= 11 is 0. The highest BCUT2D eigenvalue weighted by atomic mass is 15.2. The van der Waals surface area contributed by atoms with Gasteiger partial charge in [-0.15, -0.1) is 0 Å². The molecule has 2 atom stereocenters. The molecule has 0 aromatic carbocycles. The Morgan fingerprint density at radius 3 is 2.07 bits per heavy atom. The number of likely N-dealkylation sites (tertiary alicyclic amines) is 2. The van der Waals surface area contributed by atoms with Crippen molar-refractivity contribution in [2.24, 2.45) is 23.5 Å². The molecule has 15 heavy (non-hydrogen) atoms. The molecule has 2 saturated heterocycles. The SMILES string of the molecule is CC(C)N1CC2CN(C)CC(C1)C2CN. The van der Waals surface area contributed by atoms with E-state index < -0.39 is 0 Å². The molecule has 88 valence electrons. The summed E-state index contributed by atoms with van der Waals surface area (Å²) in [6.45, 7) is 10.5. The number of rotatable bonds is 2. The van der Waals surface area contributed by atoms with Gasteiger partial charge < -0.3 is 15.5 Å². The molecule has 3 nitrogen and oxygen atoms in total. The Balaban J connectivity index is 2.07. The molecular formula is C12H25N3. The Morgan fingerprint density at radius 2 is 1.67 bits per heavy atom. The lowest BCUT2D eigenvalue weighted by molar-refractivity contribution is -0.0199. The lowest BCUT2D eigenvalue weighted by Gasteiger charge is -2.51. The lowest BCUT2D eigenvalue weighted by atomic mass is 9.74. The van der Waals surface area contributed by atoms with Crippen LogP contribution in [-0.4, -0.2) is 55.6 Å². The molecule has 0 amide bonds. The van der Waals surface area contributed by atoms with E-state index in [0.29, 0.717) is 6.04 Å². The smallest absolute Gasteiger partial charge is 0.00388 e. The van der Waals surface area contributed by atoms with Gasteiger partial charge in [0.25, 0.3) is 0 Å². The third-order valence-electron chi connectivity index (χ3n) is 4.24. The average molecular weight is 211 g/mol. The van der Waals surface area contributed by atoms with Crippen LogP contribution in [0.1, 0.15) is 13.8 Å². The Labute approximate surface area is 93.6 Å². The largest absolute Gasteiger partial charge is 0.330 e. The highest BCUT2D eigenvalue weighted by Crippen LogP contribution is 2.33. The zero-order valence-corrected chi connectivity index (χ0v) is 10.3. The third-order valence-corrected chi connectivity index (χ3v) is 4.24. The van der Waals surface area contributed by atoms with Gasteiger partial charge in [-0.25, -0.2) is 0 Å². The van der Waals surface area contributed by atoms with E-state index in [9.17, 15) is 0 Å². The fraction of sp³-hybridized carbons (Fsp3) is 1.00. The van der Waals surface area contributed by atoms with E-state index in [2.05, 4.69) is 30.7 Å². The number of hydrogen-bond acceptors (Lipinski definition) is 3. The number of hydrogen-bond donors (Lipinski definition) is 1. The van der Waals surface area contributed by atoms with E-state index in [0.717, 1.165) is 24.3 Å². The van der Waals surface area contributed by atoms with E-state index in [4.69, 9.17) is 5.73 Å². The molecule has 2 unspecified atom stereocenters. The summed E-state index contributed by atoms with van der Waals surface area (Å²) in [7, 11) is 2.25. The summed E-state index contributed by atoms with van der Waals surface area (Å²) in [5, 5.41) is 0. The maximum absolute atomic E-state index is 5.92. The zero-order valence-electron chi connectivity index (χ0n) is 10.3. The van der Waals surface area contributed by atoms with Gasteiger partial charge in [0.2, 0.25) is 0 Å². The van der Waals surface area contributed by atoms with Gasteiger partial charge in [0.1, 0.15) is 0 Å². The van der Waals surface area contributed by atoms with Gasteiger partial charge in [-0.3, -0.25) is 0 Å². The molecule has 2 aliphatic heterocycles. The van der Waals surface area contributed by atoms with Gasteiger partial charge in [0, 0.05) is 32.2 Å². The summed E-state index contributed by atoms with van der Waals surface area (Å²) in [5.41, 5.74) is 5.92. The molecule has 0 aromatic rings. The van der Waals surface area contributed by atoms with Gasteiger partial charge >= 0.3 is 0 Å². The molecular weight excluding hydrogens is 186 g/mol. The van der Waals surface area contributed by atoms with Crippen LogP contribution in [0.4, 0.5) is 0 Å². The van der Waals surface area contributed by atoms with Gasteiger partial charge in [0.05, 0.1) is 0 Å². The van der Waals surface area contributed by atoms with E-state index in [1.54, 1.807) is 0 Å². The first-order chi connectivity index (χ1) is 7.11. The third kappa shape index (κ3) is 2.19. The first-order valence-corrected chi connectivity index (χ1v) is 6.24. The second-order valence-corrected chi connectivity index (χ2v) is 5.69. The zero-order chi connectivity index (χ0) is 11.0. The molecule has 0 spiro atoms. The van der Waals surface area contributed by atoms with Crippen molar-refractivity contribution in [3.63, 3.8) is 0 Å². The van der Waals surface area contributed by atoms with Crippen LogP contribution in [0.2, 0.25) is 0 Å². The molecule has 2 heterocycles. The molecule has 2 bridgehead atoms. The van der Waals surface area contributed by atoms with Crippen LogP contribution in [0.25, 0.3) is 0 Å². The Kier molecular flexibility index (Phi) is 3.33. The van der Waals surface area contributed by atoms with E-state index in [1.807, 2.05) is 0 Å². The molecule has 0 saturated carbocycles. The van der Waals surface area contributed by atoms with Crippen LogP contribution in [0, 0.1) is 17.8 Å². The first-order valence-electron chi connectivity index (χ1n) is 6.24. The van der Waals surface area contributed by atoms with Gasteiger partial charge in [-0.2, -0.15) is 0 Å². The van der Waals surface area contributed by atoms with Crippen molar-refractivity contribution in [3.05, 3.63) is 0 Å². The average Bonchev–Trinajstić information content (AvgIpc) is 2.15. The molecule has 0 aliphatic carbocycles. The van der Waals surface area contributed by atoms with Crippen LogP contribution in [0.15, 0.2) is 0 Å². The Hall–Kier alpha value is -0.120. The molecule has 0 aromatic heterocycles. The van der Waals surface area contributed by atoms with Crippen molar-refractivity contribution >= 4 is 0 Å². The van der Waals surface area contributed by atoms with Crippen molar-refractivity contribution in [1.82, 2.24) is 9.80 Å². The minimum absolute atomic E-state index is 0.692. The molecule has 2 rings (SSSR count). The predicted octanol–water partition coefficient (Wildman–Crippen LogP) is 0.463. The highest BCUT2D eigenvalue weighted by Gasteiger charge is 2.40. The van der Waals surface area contributed by atoms with Crippen molar-refractivity contribution < 1.29 is 0 Å². The predicted molar refractivity (Wildman–Crippen MR) is 63.7 cm³/mol. The quantitative estimate of drug-likeness (QED) is 0.720. The number of nitrogens with zero attached hydrogens (tertiary/aromatic N) is 2. The minimum Gasteiger partial charge on any atom is -0.330 e. The highest BCUT2D eigenvalue weighted by molar-refractivity contribution is 4.94. The fourth-order valence-corrected chi connectivity index (χ4v) is 3.40. The van der Waals surface area contributed by atoms with Crippen LogP contribution in [0.5, 0.6) is 0 Å². The monoisotopic (exact) mass is 211 g/mol. The van der Waals surface area contributed by atoms with E-state index in [-0.39, 0.29) is 0 Å². The molecule has 2 N–H and O–H groups in total. The Bertz CT molecular complexity index is 201. The number of piperidine rings is 2. The van der Waals surface area contributed by atoms with Crippen molar-refractivity contribution in [1.29, 1.82) is 0 Å². The van der Waals surface area contributed by atoms with Gasteiger partial charge in [-0.05, 0) is 45.2 Å². The second-order valence-electron chi connectivity index (χ2n) is 5.69. The Morgan fingerprint density at radius 1 is 1.13 bits per heavy atom. The lowest BCUT2D eigenvalue weighted by Crippen LogP contribution is -2.59. The van der Waals surface area contributed by atoms with Gasteiger partial charge in [0.15, 0.2) is 0 Å². The first kappa shape index (κ1) is 11.4. The molecule has 0 radical (unpaired) electrons.